The van der Waals surface area contributed by atoms with Crippen LogP contribution >= 0.6 is 0 Å². The van der Waals surface area contributed by atoms with Gasteiger partial charge in [-0.3, -0.25) is 4.40 Å². The summed E-state index contributed by atoms with van der Waals surface area (Å²) in [6, 6.07) is 9.23. The molecule has 2 aromatic carbocycles. The van der Waals surface area contributed by atoms with E-state index in [1.54, 1.807) is 24.5 Å². The van der Waals surface area contributed by atoms with Gasteiger partial charge in [0.05, 0.1) is 12.2 Å². The van der Waals surface area contributed by atoms with Crippen LogP contribution in [0.2, 0.25) is 0 Å². The molecule has 7 nitrogen and oxygen atoms in total. The van der Waals surface area contributed by atoms with Gasteiger partial charge in [0, 0.05) is 30.0 Å². The van der Waals surface area contributed by atoms with E-state index < -0.39 is 28.9 Å². The van der Waals surface area contributed by atoms with Crippen molar-refractivity contribution in [2.75, 3.05) is 12.3 Å². The fourth-order valence-electron chi connectivity index (χ4n) is 4.84. The second-order valence-corrected chi connectivity index (χ2v) is 9.08. The number of imidazole rings is 1. The van der Waals surface area contributed by atoms with Gasteiger partial charge in [-0.1, -0.05) is 6.07 Å². The molecule has 11 heteroatoms. The highest BCUT2D eigenvalue weighted by Gasteiger charge is 2.48. The number of aromatic nitrogens is 3. The molecular weight excluding hydrogens is 492 g/mol. The van der Waals surface area contributed by atoms with Crippen molar-refractivity contribution in [1.82, 2.24) is 14.4 Å². The third kappa shape index (κ3) is 3.77. The summed E-state index contributed by atoms with van der Waals surface area (Å²) in [6.07, 6.45) is 0.496. The Kier molecular flexibility index (Phi) is 5.16. The van der Waals surface area contributed by atoms with E-state index >= 15 is 0 Å². The Labute approximate surface area is 207 Å². The first kappa shape index (κ1) is 23.3. The summed E-state index contributed by atoms with van der Waals surface area (Å²) in [5.74, 6) is -0.141. The Hall–Kier alpha value is -4.12. The molecule has 1 unspecified atom stereocenters. The van der Waals surface area contributed by atoms with Crippen LogP contribution in [0.3, 0.4) is 0 Å². The number of rotatable bonds is 5. The number of alkyl halides is 3. The van der Waals surface area contributed by atoms with Crippen molar-refractivity contribution in [3.63, 3.8) is 0 Å². The molecule has 3 aliphatic rings. The molecule has 0 saturated carbocycles. The van der Waals surface area contributed by atoms with Crippen molar-refractivity contribution < 1.29 is 32.1 Å². The van der Waals surface area contributed by atoms with Gasteiger partial charge < -0.3 is 20.3 Å². The molecule has 0 amide bonds. The first-order chi connectivity index (χ1) is 17.7. The lowest BCUT2D eigenvalue weighted by atomic mass is 9.79. The molecule has 7 rings (SSSR count). The van der Waals surface area contributed by atoms with E-state index in [9.17, 15) is 22.7 Å². The van der Waals surface area contributed by atoms with Gasteiger partial charge in [0.1, 0.15) is 40.0 Å². The summed E-state index contributed by atoms with van der Waals surface area (Å²) in [4.78, 5) is 9.05. The molecule has 0 radical (unpaired) electrons. The normalized spacial score (nSPS) is 19.1. The van der Waals surface area contributed by atoms with Crippen LogP contribution in [0.1, 0.15) is 30.7 Å². The first-order valence-corrected chi connectivity index (χ1v) is 11.5. The van der Waals surface area contributed by atoms with Gasteiger partial charge in [0.2, 0.25) is 0 Å². The highest BCUT2D eigenvalue weighted by Crippen LogP contribution is 2.50. The minimum atomic E-state index is -4.83. The smallest absolute Gasteiger partial charge is 0.419 e. The van der Waals surface area contributed by atoms with Gasteiger partial charge in [0.25, 0.3) is 0 Å². The SMILES string of the molecule is Nc1nccn2c(C3=C4CC(CO)(CC3)O4)nc(-c3ccc(Oc4cccc(C(F)(F)F)c4F)cc3)c12. The van der Waals surface area contributed by atoms with Crippen molar-refractivity contribution in [1.29, 1.82) is 0 Å². The summed E-state index contributed by atoms with van der Waals surface area (Å²) in [5.41, 5.74) is 7.04. The lowest BCUT2D eigenvalue weighted by Crippen LogP contribution is -2.48. The molecule has 37 heavy (non-hydrogen) atoms. The quantitative estimate of drug-likeness (QED) is 0.339. The molecule has 1 fully saturated rings. The van der Waals surface area contributed by atoms with E-state index in [-0.39, 0.29) is 18.2 Å². The summed E-state index contributed by atoms with van der Waals surface area (Å²) in [7, 11) is 0. The van der Waals surface area contributed by atoms with E-state index in [0.29, 0.717) is 47.9 Å². The Morgan fingerprint density at radius 2 is 1.92 bits per heavy atom. The largest absolute Gasteiger partial charge is 0.488 e. The lowest BCUT2D eigenvalue weighted by Gasteiger charge is -2.48. The number of benzene rings is 2. The number of nitrogen functional groups attached to an aromatic ring is 1. The Balaban J connectivity index is 1.35. The van der Waals surface area contributed by atoms with Gasteiger partial charge in [-0.25, -0.2) is 14.4 Å². The van der Waals surface area contributed by atoms with E-state index in [4.69, 9.17) is 20.2 Å². The minimum absolute atomic E-state index is 0.0347. The van der Waals surface area contributed by atoms with Crippen LogP contribution in [-0.4, -0.2) is 31.7 Å². The average Bonchev–Trinajstić information content (AvgIpc) is 3.25. The number of aliphatic hydroxyl groups is 1. The number of nitrogens with zero attached hydrogens (tertiary/aromatic N) is 3. The fourth-order valence-corrected chi connectivity index (χ4v) is 4.84. The van der Waals surface area contributed by atoms with E-state index in [1.807, 2.05) is 4.40 Å². The van der Waals surface area contributed by atoms with Crippen LogP contribution in [-0.2, 0) is 10.9 Å². The van der Waals surface area contributed by atoms with Crippen molar-refractivity contribution in [3.8, 4) is 22.8 Å². The second kappa shape index (κ2) is 8.20. The van der Waals surface area contributed by atoms with Crippen LogP contribution in [0.5, 0.6) is 11.5 Å². The number of nitrogens with two attached hydrogens (primary N) is 1. The van der Waals surface area contributed by atoms with Gasteiger partial charge in [-0.2, -0.15) is 13.2 Å². The number of fused-ring (bicyclic) bond motifs is 3. The van der Waals surface area contributed by atoms with Crippen molar-refractivity contribution in [2.24, 2.45) is 0 Å². The summed E-state index contributed by atoms with van der Waals surface area (Å²) >= 11 is 0. The molecule has 3 N–H and O–H groups in total. The fraction of sp³-hybridized carbons (Fsp3) is 0.231. The predicted molar refractivity (Wildman–Crippen MR) is 126 cm³/mol. The Bertz CT molecular complexity index is 1550. The zero-order chi connectivity index (χ0) is 25.9. The summed E-state index contributed by atoms with van der Waals surface area (Å²) in [6.45, 7) is -0.0347. The molecule has 4 aromatic rings. The maximum atomic E-state index is 14.4. The molecule has 0 spiro atoms. The lowest BCUT2D eigenvalue weighted by molar-refractivity contribution is -0.140. The first-order valence-electron chi connectivity index (χ1n) is 11.5. The van der Waals surface area contributed by atoms with Gasteiger partial charge in [-0.05, 0) is 49.2 Å². The molecule has 190 valence electrons. The number of allylic oxidation sites excluding steroid dienone is 1. The van der Waals surface area contributed by atoms with Gasteiger partial charge in [-0.15, -0.1) is 0 Å². The zero-order valence-electron chi connectivity index (χ0n) is 19.2. The number of hydrogen-bond donors (Lipinski definition) is 2. The topological polar surface area (TPSA) is 94.9 Å². The molecular formula is C26H20F4N4O3. The number of aliphatic hydroxyl groups excluding tert-OH is 1. The van der Waals surface area contributed by atoms with E-state index in [2.05, 4.69) is 4.98 Å². The molecule has 1 aliphatic carbocycles. The highest BCUT2D eigenvalue weighted by molar-refractivity contribution is 5.87. The number of hydrogen-bond acceptors (Lipinski definition) is 6. The summed E-state index contributed by atoms with van der Waals surface area (Å²) < 4.78 is 66.6. The molecule has 4 heterocycles. The summed E-state index contributed by atoms with van der Waals surface area (Å²) in [5, 5.41) is 9.61. The number of halogens is 4. The molecule has 2 aliphatic heterocycles. The zero-order valence-corrected chi connectivity index (χ0v) is 19.2. The number of anilines is 1. The maximum absolute atomic E-state index is 14.4. The van der Waals surface area contributed by atoms with Crippen molar-refractivity contribution >= 4 is 16.9 Å². The van der Waals surface area contributed by atoms with Crippen LogP contribution in [0.25, 0.3) is 22.3 Å². The van der Waals surface area contributed by atoms with Crippen LogP contribution in [0, 0.1) is 5.82 Å². The van der Waals surface area contributed by atoms with Gasteiger partial charge in [0.15, 0.2) is 11.6 Å². The van der Waals surface area contributed by atoms with Crippen molar-refractivity contribution in [2.45, 2.75) is 31.0 Å². The van der Waals surface area contributed by atoms with Crippen LogP contribution in [0.4, 0.5) is 23.4 Å². The Morgan fingerprint density at radius 3 is 2.57 bits per heavy atom. The Morgan fingerprint density at radius 1 is 1.16 bits per heavy atom. The maximum Gasteiger partial charge on any atom is 0.419 e. The highest BCUT2D eigenvalue weighted by atomic mass is 19.4. The number of ether oxygens (including phenoxy) is 2. The van der Waals surface area contributed by atoms with Gasteiger partial charge >= 0.3 is 6.18 Å². The molecule has 2 bridgehead atoms. The average molecular weight is 512 g/mol. The second-order valence-electron chi connectivity index (χ2n) is 9.08. The standard InChI is InChI=1S/C26H20F4N4O3/c27-20-17(26(28,29)30)2-1-3-18(20)36-15-6-4-14(5-7-15)21-22-23(31)32-10-11-34(22)24(33-21)16-8-9-25(13-35)12-19(16)37-25/h1-7,10-11,35H,8-9,12-13H2,(H2,31,32). The third-order valence-electron chi connectivity index (χ3n) is 6.76. The molecule has 1 atom stereocenters. The monoisotopic (exact) mass is 512 g/mol. The molecule has 2 aromatic heterocycles. The minimum Gasteiger partial charge on any atom is -0.488 e. The van der Waals surface area contributed by atoms with E-state index in [0.717, 1.165) is 23.5 Å². The molecule has 1 saturated heterocycles. The predicted octanol–water partition coefficient (Wildman–Crippen LogP) is 5.59. The van der Waals surface area contributed by atoms with E-state index in [1.165, 1.54) is 12.1 Å². The van der Waals surface area contributed by atoms with Crippen LogP contribution in [0.15, 0.2) is 60.6 Å². The van der Waals surface area contributed by atoms with Crippen LogP contribution < -0.4 is 10.5 Å². The third-order valence-corrected chi connectivity index (χ3v) is 6.76. The van der Waals surface area contributed by atoms with Crippen molar-refractivity contribution in [3.05, 3.63) is 77.8 Å².